The van der Waals surface area contributed by atoms with E-state index >= 15 is 0 Å². The Morgan fingerprint density at radius 2 is 2.00 bits per heavy atom. The van der Waals surface area contributed by atoms with Gasteiger partial charge < -0.3 is 15.0 Å². The average molecular weight is 341 g/mol. The van der Waals surface area contributed by atoms with Gasteiger partial charge in [0.1, 0.15) is 0 Å². The average Bonchev–Trinajstić information content (AvgIpc) is 2.63. The molecular formula is C19H20FN3O2. The van der Waals surface area contributed by atoms with E-state index in [0.29, 0.717) is 6.54 Å². The fourth-order valence-corrected chi connectivity index (χ4v) is 3.97. The van der Waals surface area contributed by atoms with Crippen molar-refractivity contribution in [3.05, 3.63) is 60.2 Å². The molecule has 1 aromatic heterocycles. The summed E-state index contributed by atoms with van der Waals surface area (Å²) in [4.78, 5) is 18.3. The number of nitrogens with one attached hydrogen (secondary N) is 1. The molecule has 1 spiro atoms. The summed E-state index contributed by atoms with van der Waals surface area (Å²) in [5, 5.41) is 2.67. The van der Waals surface area contributed by atoms with Gasteiger partial charge in [0.2, 0.25) is 0 Å². The summed E-state index contributed by atoms with van der Waals surface area (Å²) in [6.07, 6.45) is 4.42. The zero-order chi connectivity index (χ0) is 17.3. The number of amides is 2. The minimum Gasteiger partial charge on any atom is -0.381 e. The standard InChI is InChI=1S/C19H20FN3O2/c20-15-12-21-9-6-16(15)22-18(24)23-13-19(7-10-25-11-8-19)17(23)14-4-2-1-3-5-14/h1-6,9,12,17H,7-8,10-11,13H2,(H,21,22,24). The molecule has 0 aliphatic carbocycles. The monoisotopic (exact) mass is 341 g/mol. The zero-order valence-electron chi connectivity index (χ0n) is 13.8. The summed E-state index contributed by atoms with van der Waals surface area (Å²) in [6, 6.07) is 11.2. The number of carbonyl (C=O) groups excluding carboxylic acids is 1. The first-order valence-corrected chi connectivity index (χ1v) is 8.49. The number of likely N-dealkylation sites (tertiary alicyclic amines) is 1. The van der Waals surface area contributed by atoms with Gasteiger partial charge in [-0.05, 0) is 24.5 Å². The van der Waals surface area contributed by atoms with Crippen LogP contribution >= 0.6 is 0 Å². The summed E-state index contributed by atoms with van der Waals surface area (Å²) >= 11 is 0. The van der Waals surface area contributed by atoms with Crippen molar-refractivity contribution >= 4 is 11.7 Å². The Bertz CT molecular complexity index is 762. The Hall–Kier alpha value is -2.47. The first-order valence-electron chi connectivity index (χ1n) is 8.49. The first-order chi connectivity index (χ1) is 12.2. The van der Waals surface area contributed by atoms with Gasteiger partial charge in [0.15, 0.2) is 5.82 Å². The number of nitrogens with zero attached hydrogens (tertiary/aromatic N) is 2. The van der Waals surface area contributed by atoms with E-state index in [-0.39, 0.29) is 23.2 Å². The van der Waals surface area contributed by atoms with Crippen LogP contribution in [0.5, 0.6) is 0 Å². The second kappa shape index (κ2) is 6.44. The van der Waals surface area contributed by atoms with Crippen LogP contribution in [0.15, 0.2) is 48.8 Å². The molecule has 0 bridgehead atoms. The predicted molar refractivity (Wildman–Crippen MR) is 91.6 cm³/mol. The predicted octanol–water partition coefficient (Wildman–Crippen LogP) is 3.61. The van der Waals surface area contributed by atoms with Crippen molar-refractivity contribution in [3.8, 4) is 0 Å². The largest absolute Gasteiger partial charge is 0.381 e. The number of carbonyl (C=O) groups is 1. The van der Waals surface area contributed by atoms with Crippen LogP contribution in [0.4, 0.5) is 14.9 Å². The van der Waals surface area contributed by atoms with E-state index in [4.69, 9.17) is 4.74 Å². The van der Waals surface area contributed by atoms with Crippen LogP contribution in [0.1, 0.15) is 24.4 Å². The molecule has 1 N–H and O–H groups in total. The summed E-state index contributed by atoms with van der Waals surface area (Å²) in [6.45, 7) is 2.10. The van der Waals surface area contributed by atoms with E-state index in [0.717, 1.165) is 37.8 Å². The number of rotatable bonds is 2. The number of ether oxygens (including phenoxy) is 1. The van der Waals surface area contributed by atoms with E-state index in [1.165, 1.54) is 12.3 Å². The third kappa shape index (κ3) is 2.87. The van der Waals surface area contributed by atoms with Crippen molar-refractivity contribution < 1.29 is 13.9 Å². The van der Waals surface area contributed by atoms with E-state index in [2.05, 4.69) is 10.3 Å². The molecule has 2 fully saturated rings. The molecule has 6 heteroatoms. The number of urea groups is 1. The lowest BCUT2D eigenvalue weighted by Gasteiger charge is -2.59. The van der Waals surface area contributed by atoms with Crippen molar-refractivity contribution in [2.45, 2.75) is 18.9 Å². The Balaban J connectivity index is 1.58. The minimum absolute atomic E-state index is 0.0116. The number of hydrogen-bond acceptors (Lipinski definition) is 3. The highest BCUT2D eigenvalue weighted by molar-refractivity contribution is 5.90. The molecule has 2 aliphatic heterocycles. The maximum atomic E-state index is 13.8. The maximum Gasteiger partial charge on any atom is 0.322 e. The number of benzene rings is 1. The second-order valence-corrected chi connectivity index (χ2v) is 6.70. The fourth-order valence-electron chi connectivity index (χ4n) is 3.97. The van der Waals surface area contributed by atoms with E-state index in [9.17, 15) is 9.18 Å². The minimum atomic E-state index is -0.534. The molecule has 1 unspecified atom stereocenters. The molecule has 0 radical (unpaired) electrons. The third-order valence-electron chi connectivity index (χ3n) is 5.26. The van der Waals surface area contributed by atoms with Crippen molar-refractivity contribution in [1.29, 1.82) is 0 Å². The highest BCUT2D eigenvalue weighted by Gasteiger charge is 2.55. The Morgan fingerprint density at radius 1 is 1.24 bits per heavy atom. The third-order valence-corrected chi connectivity index (χ3v) is 5.26. The van der Waals surface area contributed by atoms with Crippen LogP contribution in [-0.2, 0) is 4.74 Å². The topological polar surface area (TPSA) is 54.5 Å². The van der Waals surface area contributed by atoms with Crippen molar-refractivity contribution in [1.82, 2.24) is 9.88 Å². The number of aromatic nitrogens is 1. The number of anilines is 1. The van der Waals surface area contributed by atoms with Gasteiger partial charge in [-0.25, -0.2) is 9.18 Å². The summed E-state index contributed by atoms with van der Waals surface area (Å²) < 4.78 is 19.3. The smallest absolute Gasteiger partial charge is 0.322 e. The number of pyridine rings is 1. The Labute approximate surface area is 145 Å². The van der Waals surface area contributed by atoms with E-state index in [1.807, 2.05) is 30.3 Å². The summed E-state index contributed by atoms with van der Waals surface area (Å²) in [5.41, 5.74) is 1.31. The molecule has 3 heterocycles. The molecule has 2 amide bonds. The molecule has 130 valence electrons. The van der Waals surface area contributed by atoms with Gasteiger partial charge in [0, 0.05) is 31.4 Å². The molecule has 0 saturated carbocycles. The van der Waals surface area contributed by atoms with Crippen LogP contribution in [0.2, 0.25) is 0 Å². The Morgan fingerprint density at radius 3 is 2.72 bits per heavy atom. The Kier molecular flexibility index (Phi) is 4.13. The van der Waals surface area contributed by atoms with Gasteiger partial charge in [0.25, 0.3) is 0 Å². The highest BCUT2D eigenvalue weighted by atomic mass is 19.1. The normalized spacial score (nSPS) is 21.6. The van der Waals surface area contributed by atoms with Crippen molar-refractivity contribution in [2.75, 3.05) is 25.1 Å². The molecule has 1 atom stereocenters. The quantitative estimate of drug-likeness (QED) is 0.908. The summed E-state index contributed by atoms with van der Waals surface area (Å²) in [7, 11) is 0. The van der Waals surface area contributed by atoms with Crippen LogP contribution in [0, 0.1) is 11.2 Å². The van der Waals surface area contributed by atoms with E-state index in [1.54, 1.807) is 4.90 Å². The first kappa shape index (κ1) is 16.0. The van der Waals surface area contributed by atoms with Gasteiger partial charge in [-0.15, -0.1) is 0 Å². The lowest BCUT2D eigenvalue weighted by Crippen LogP contribution is -2.63. The molecule has 1 aromatic carbocycles. The molecule has 25 heavy (non-hydrogen) atoms. The number of halogens is 1. The number of hydrogen-bond donors (Lipinski definition) is 1. The molecule has 4 rings (SSSR count). The lowest BCUT2D eigenvalue weighted by atomic mass is 9.64. The fraction of sp³-hybridized carbons (Fsp3) is 0.368. The van der Waals surface area contributed by atoms with Gasteiger partial charge in [-0.2, -0.15) is 0 Å². The van der Waals surface area contributed by atoms with Crippen LogP contribution < -0.4 is 5.32 Å². The van der Waals surface area contributed by atoms with Crippen LogP contribution in [-0.4, -0.2) is 35.7 Å². The van der Waals surface area contributed by atoms with Crippen LogP contribution in [0.3, 0.4) is 0 Å². The van der Waals surface area contributed by atoms with Crippen LogP contribution in [0.25, 0.3) is 0 Å². The molecule has 2 aliphatic rings. The van der Waals surface area contributed by atoms with Gasteiger partial charge in [-0.1, -0.05) is 30.3 Å². The second-order valence-electron chi connectivity index (χ2n) is 6.70. The van der Waals surface area contributed by atoms with Crippen molar-refractivity contribution in [2.24, 2.45) is 5.41 Å². The lowest BCUT2D eigenvalue weighted by molar-refractivity contribution is -0.109. The molecule has 2 saturated heterocycles. The van der Waals surface area contributed by atoms with E-state index < -0.39 is 5.82 Å². The molecule has 5 nitrogen and oxygen atoms in total. The van der Waals surface area contributed by atoms with Gasteiger partial charge in [-0.3, -0.25) is 4.98 Å². The maximum absolute atomic E-state index is 13.8. The molecule has 2 aromatic rings. The molecular weight excluding hydrogens is 321 g/mol. The SMILES string of the molecule is O=C(Nc1ccncc1F)N1CC2(CCOCC2)C1c1ccccc1. The van der Waals surface area contributed by atoms with Gasteiger partial charge in [0.05, 0.1) is 17.9 Å². The zero-order valence-corrected chi connectivity index (χ0v) is 13.8. The van der Waals surface area contributed by atoms with Gasteiger partial charge >= 0.3 is 6.03 Å². The van der Waals surface area contributed by atoms with Crippen molar-refractivity contribution in [3.63, 3.8) is 0 Å². The highest BCUT2D eigenvalue weighted by Crippen LogP contribution is 2.54. The summed E-state index contributed by atoms with van der Waals surface area (Å²) in [5.74, 6) is -0.534.